The molecule has 0 fully saturated rings. The summed E-state index contributed by atoms with van der Waals surface area (Å²) in [6, 6.07) is -0.539. The van der Waals surface area contributed by atoms with Crippen LogP contribution in [0.1, 0.15) is 418 Å². The summed E-state index contributed by atoms with van der Waals surface area (Å²) in [7, 11) is 0. The molecule has 6 nitrogen and oxygen atoms in total. The van der Waals surface area contributed by atoms with Gasteiger partial charge in [0.05, 0.1) is 25.4 Å². The van der Waals surface area contributed by atoms with Gasteiger partial charge in [-0.15, -0.1) is 0 Å². The summed E-state index contributed by atoms with van der Waals surface area (Å²) in [5.41, 5.74) is 0. The first-order valence-electron chi connectivity index (χ1n) is 36.4. The number of hydrogen-bond donors (Lipinski definition) is 3. The molecule has 2 unspecified atom stereocenters. The number of esters is 1. The van der Waals surface area contributed by atoms with E-state index in [0.29, 0.717) is 25.9 Å². The second kappa shape index (κ2) is 69.1. The maximum atomic E-state index is 12.5. The number of unbranched alkanes of at least 4 members (excludes halogenated alkanes) is 56. The summed E-state index contributed by atoms with van der Waals surface area (Å²) < 4.78 is 5.52. The van der Waals surface area contributed by atoms with Crippen LogP contribution in [0.4, 0.5) is 0 Å². The number of ether oxygens (including phenoxy) is 1. The highest BCUT2D eigenvalue weighted by molar-refractivity contribution is 5.76. The number of hydrogen-bond acceptors (Lipinski definition) is 5. The van der Waals surface area contributed by atoms with Gasteiger partial charge in [-0.3, -0.25) is 9.59 Å². The molecule has 1 amide bonds. The lowest BCUT2D eigenvalue weighted by atomic mass is 10.0. The monoisotopic (exact) mass is 1110 g/mol. The lowest BCUT2D eigenvalue weighted by Gasteiger charge is -2.22. The average molecular weight is 1110 g/mol. The number of amides is 1. The zero-order valence-corrected chi connectivity index (χ0v) is 53.9. The van der Waals surface area contributed by atoms with Crippen LogP contribution in [0.2, 0.25) is 0 Å². The molecule has 2 atom stereocenters. The fourth-order valence-corrected chi connectivity index (χ4v) is 11.8. The first kappa shape index (κ1) is 77.6. The minimum Gasteiger partial charge on any atom is -0.466 e. The molecule has 3 N–H and O–H groups in total. The molecule has 0 aromatic carbocycles. The number of carbonyl (C=O) groups is 2. The lowest BCUT2D eigenvalue weighted by molar-refractivity contribution is -0.143. The van der Waals surface area contributed by atoms with E-state index in [9.17, 15) is 19.8 Å². The topological polar surface area (TPSA) is 95.9 Å². The number of aliphatic hydroxyl groups is 2. The number of rotatable bonds is 69. The van der Waals surface area contributed by atoms with Crippen LogP contribution in [-0.4, -0.2) is 47.4 Å². The summed E-state index contributed by atoms with van der Waals surface area (Å²) in [5, 5.41) is 23.3. The van der Waals surface area contributed by atoms with Crippen molar-refractivity contribution in [1.82, 2.24) is 5.32 Å². The van der Waals surface area contributed by atoms with E-state index in [0.717, 1.165) is 38.5 Å². The van der Waals surface area contributed by atoms with Crippen LogP contribution >= 0.6 is 0 Å². The van der Waals surface area contributed by atoms with Crippen LogP contribution in [0.25, 0.3) is 0 Å². The number of aliphatic hydroxyl groups excluding tert-OH is 2. The van der Waals surface area contributed by atoms with Crippen molar-refractivity contribution in [3.63, 3.8) is 0 Å². The molecule has 0 spiro atoms. The minimum absolute atomic E-state index is 0.0229. The van der Waals surface area contributed by atoms with Crippen molar-refractivity contribution in [2.24, 2.45) is 0 Å². The van der Waals surface area contributed by atoms with E-state index in [2.05, 4.69) is 31.3 Å². The average Bonchev–Trinajstić information content (AvgIpc) is 3.45. The second-order valence-electron chi connectivity index (χ2n) is 25.3. The maximum absolute atomic E-state index is 12.5. The maximum Gasteiger partial charge on any atom is 0.305 e. The Morgan fingerprint density at radius 2 is 0.595 bits per heavy atom. The van der Waals surface area contributed by atoms with Crippen LogP contribution in [0, 0.1) is 0 Å². The van der Waals surface area contributed by atoms with Gasteiger partial charge < -0.3 is 20.3 Å². The molecule has 0 heterocycles. The molecule has 470 valence electrons. The van der Waals surface area contributed by atoms with Crippen molar-refractivity contribution in [2.45, 2.75) is 431 Å². The summed E-state index contributed by atoms with van der Waals surface area (Å²) in [6.45, 7) is 5.00. The number of allylic oxidation sites excluding steroid dienone is 2. The standard InChI is InChI=1S/C73H143NO5/c1-3-5-7-9-11-13-15-17-18-19-32-36-39-43-47-51-55-59-63-67-73(78)79-68-64-60-56-52-48-44-40-37-34-31-29-27-25-23-21-20-22-24-26-28-30-33-35-38-42-46-50-54-58-62-66-72(77)74-70(69-75)71(76)65-61-57-53-49-45-41-16-14-12-10-8-6-4-2/h21,23,70-71,75-76H,3-20,22,24-69H2,1-2H3,(H,74,77)/b23-21-. The van der Waals surface area contributed by atoms with E-state index in [1.165, 1.54) is 347 Å². The van der Waals surface area contributed by atoms with Crippen molar-refractivity contribution in [2.75, 3.05) is 13.2 Å². The van der Waals surface area contributed by atoms with Gasteiger partial charge in [-0.2, -0.15) is 0 Å². The normalized spacial score (nSPS) is 12.5. The van der Waals surface area contributed by atoms with Crippen molar-refractivity contribution >= 4 is 11.9 Å². The molecule has 0 bridgehead atoms. The summed E-state index contributed by atoms with van der Waals surface area (Å²) in [4.78, 5) is 24.6. The smallest absolute Gasteiger partial charge is 0.305 e. The lowest BCUT2D eigenvalue weighted by Crippen LogP contribution is -2.45. The van der Waals surface area contributed by atoms with Gasteiger partial charge in [-0.25, -0.2) is 0 Å². The van der Waals surface area contributed by atoms with Gasteiger partial charge in [-0.1, -0.05) is 366 Å². The van der Waals surface area contributed by atoms with E-state index >= 15 is 0 Å². The Labute approximate surface area is 495 Å². The third kappa shape index (κ3) is 65.6. The third-order valence-electron chi connectivity index (χ3n) is 17.3. The van der Waals surface area contributed by atoms with E-state index in [1.54, 1.807) is 0 Å². The van der Waals surface area contributed by atoms with Crippen LogP contribution in [-0.2, 0) is 14.3 Å². The third-order valence-corrected chi connectivity index (χ3v) is 17.3. The Morgan fingerprint density at radius 1 is 0.342 bits per heavy atom. The molecule has 0 radical (unpaired) electrons. The molecule has 0 saturated heterocycles. The zero-order chi connectivity index (χ0) is 57.1. The minimum atomic E-state index is -0.662. The van der Waals surface area contributed by atoms with Crippen molar-refractivity contribution in [1.29, 1.82) is 0 Å². The van der Waals surface area contributed by atoms with Gasteiger partial charge in [0.1, 0.15) is 0 Å². The van der Waals surface area contributed by atoms with E-state index in [4.69, 9.17) is 4.74 Å². The largest absolute Gasteiger partial charge is 0.466 e. The Bertz CT molecular complexity index is 1190. The van der Waals surface area contributed by atoms with Crippen molar-refractivity contribution in [3.8, 4) is 0 Å². The van der Waals surface area contributed by atoms with Crippen molar-refractivity contribution < 1.29 is 24.5 Å². The summed E-state index contributed by atoms with van der Waals surface area (Å²) in [5.74, 6) is -0.00802. The predicted molar refractivity (Wildman–Crippen MR) is 347 cm³/mol. The molecule has 0 aromatic rings. The fraction of sp³-hybridized carbons (Fsp3) is 0.945. The molecule has 0 aliphatic heterocycles. The number of carbonyl (C=O) groups excluding carboxylic acids is 2. The predicted octanol–water partition coefficient (Wildman–Crippen LogP) is 23.5. The molecule has 0 aliphatic rings. The van der Waals surface area contributed by atoms with Crippen LogP contribution in [0.15, 0.2) is 12.2 Å². The Morgan fingerprint density at radius 3 is 0.899 bits per heavy atom. The number of nitrogens with one attached hydrogen (secondary N) is 1. The van der Waals surface area contributed by atoms with Crippen LogP contribution in [0.3, 0.4) is 0 Å². The van der Waals surface area contributed by atoms with Gasteiger partial charge in [-0.05, 0) is 51.4 Å². The highest BCUT2D eigenvalue weighted by Gasteiger charge is 2.20. The van der Waals surface area contributed by atoms with Gasteiger partial charge in [0.2, 0.25) is 5.91 Å². The molecule has 6 heteroatoms. The fourth-order valence-electron chi connectivity index (χ4n) is 11.8. The second-order valence-corrected chi connectivity index (χ2v) is 25.3. The first-order chi connectivity index (χ1) is 39.0. The molecular weight excluding hydrogens is 971 g/mol. The Hall–Kier alpha value is -1.40. The molecule has 0 aromatic heterocycles. The quantitative estimate of drug-likeness (QED) is 0.0320. The van der Waals surface area contributed by atoms with Gasteiger partial charge in [0.25, 0.3) is 0 Å². The Balaban J connectivity index is 3.32. The SMILES string of the molecule is CCCCCCCCCCCCCCCCCCCCCC(=O)OCCCCCCCCCCCCCC/C=C\CCCCCCCCCCCCCCCCC(=O)NC(CO)C(O)CCCCCCCCCCCCCCC. The van der Waals surface area contributed by atoms with E-state index in [1.807, 2.05) is 0 Å². The Kier molecular flexibility index (Phi) is 67.9. The van der Waals surface area contributed by atoms with E-state index < -0.39 is 12.1 Å². The van der Waals surface area contributed by atoms with Gasteiger partial charge >= 0.3 is 5.97 Å². The van der Waals surface area contributed by atoms with Crippen LogP contribution < -0.4 is 5.32 Å². The van der Waals surface area contributed by atoms with Crippen molar-refractivity contribution in [3.05, 3.63) is 12.2 Å². The molecule has 0 aliphatic carbocycles. The zero-order valence-electron chi connectivity index (χ0n) is 53.9. The highest BCUT2D eigenvalue weighted by Crippen LogP contribution is 2.19. The van der Waals surface area contributed by atoms with E-state index in [-0.39, 0.29) is 18.5 Å². The first-order valence-corrected chi connectivity index (χ1v) is 36.4. The summed E-state index contributed by atoms with van der Waals surface area (Å²) in [6.07, 6.45) is 85.6. The van der Waals surface area contributed by atoms with Gasteiger partial charge in [0.15, 0.2) is 0 Å². The van der Waals surface area contributed by atoms with Gasteiger partial charge in [0, 0.05) is 12.8 Å². The molecule has 79 heavy (non-hydrogen) atoms. The molecule has 0 rings (SSSR count). The van der Waals surface area contributed by atoms with Crippen LogP contribution in [0.5, 0.6) is 0 Å². The highest BCUT2D eigenvalue weighted by atomic mass is 16.5. The summed E-state index contributed by atoms with van der Waals surface area (Å²) >= 11 is 0. The molecule has 0 saturated carbocycles. The molecular formula is C73H143NO5.